The number of carbonyl (C=O) groups is 1. The van der Waals surface area contributed by atoms with Gasteiger partial charge < -0.3 is 10.6 Å². The van der Waals surface area contributed by atoms with Crippen LogP contribution in [-0.4, -0.2) is 12.5 Å². The van der Waals surface area contributed by atoms with Crippen molar-refractivity contribution in [3.63, 3.8) is 0 Å². The standard InChI is InChI=1S/C15H11ClF4N2O/c16-12-7-10(4-5-13(12)17)21-8-14(23)22-11-3-1-2-9(6-11)15(18,19)20/h1-7,21H,8H2,(H,22,23). The molecule has 0 unspecified atom stereocenters. The maximum Gasteiger partial charge on any atom is 0.416 e. The largest absolute Gasteiger partial charge is 0.416 e. The summed E-state index contributed by atoms with van der Waals surface area (Å²) in [6.07, 6.45) is -4.48. The Morgan fingerprint density at radius 3 is 2.48 bits per heavy atom. The van der Waals surface area contributed by atoms with E-state index >= 15 is 0 Å². The summed E-state index contributed by atoms with van der Waals surface area (Å²) in [7, 11) is 0. The average molecular weight is 347 g/mol. The number of carbonyl (C=O) groups excluding carboxylic acids is 1. The fraction of sp³-hybridized carbons (Fsp3) is 0.133. The number of nitrogens with one attached hydrogen (secondary N) is 2. The predicted octanol–water partition coefficient (Wildman–Crippen LogP) is 4.55. The van der Waals surface area contributed by atoms with Gasteiger partial charge in [-0.15, -0.1) is 0 Å². The van der Waals surface area contributed by atoms with Crippen molar-refractivity contribution in [3.05, 3.63) is 58.9 Å². The zero-order valence-electron chi connectivity index (χ0n) is 11.5. The molecule has 0 aliphatic carbocycles. The minimum Gasteiger partial charge on any atom is -0.376 e. The number of halogens is 5. The predicted molar refractivity (Wildman–Crippen MR) is 80.0 cm³/mol. The fourth-order valence-electron chi connectivity index (χ4n) is 1.77. The molecular weight excluding hydrogens is 336 g/mol. The second-order valence-electron chi connectivity index (χ2n) is 4.61. The monoisotopic (exact) mass is 346 g/mol. The van der Waals surface area contributed by atoms with E-state index in [4.69, 9.17) is 11.6 Å². The van der Waals surface area contributed by atoms with Crippen LogP contribution in [0.5, 0.6) is 0 Å². The van der Waals surface area contributed by atoms with Crippen LogP contribution in [0.15, 0.2) is 42.5 Å². The molecule has 0 spiro atoms. The lowest BCUT2D eigenvalue weighted by molar-refractivity contribution is -0.137. The van der Waals surface area contributed by atoms with Crippen LogP contribution in [0.25, 0.3) is 0 Å². The summed E-state index contributed by atoms with van der Waals surface area (Å²) < 4.78 is 50.7. The lowest BCUT2D eigenvalue weighted by Gasteiger charge is -2.11. The highest BCUT2D eigenvalue weighted by Crippen LogP contribution is 2.30. The molecule has 23 heavy (non-hydrogen) atoms. The van der Waals surface area contributed by atoms with Gasteiger partial charge in [-0.2, -0.15) is 13.2 Å². The molecule has 0 radical (unpaired) electrons. The van der Waals surface area contributed by atoms with E-state index in [-0.39, 0.29) is 17.3 Å². The van der Waals surface area contributed by atoms with Crippen LogP contribution in [0.1, 0.15) is 5.56 Å². The van der Waals surface area contributed by atoms with Crippen LogP contribution in [0, 0.1) is 5.82 Å². The third kappa shape index (κ3) is 4.85. The van der Waals surface area contributed by atoms with Crippen LogP contribution in [0.2, 0.25) is 5.02 Å². The molecule has 2 aromatic carbocycles. The van der Waals surface area contributed by atoms with E-state index < -0.39 is 23.5 Å². The van der Waals surface area contributed by atoms with Gasteiger partial charge in [0.25, 0.3) is 0 Å². The molecule has 0 aromatic heterocycles. The van der Waals surface area contributed by atoms with Gasteiger partial charge >= 0.3 is 6.18 Å². The van der Waals surface area contributed by atoms with E-state index in [0.717, 1.165) is 18.2 Å². The third-order valence-electron chi connectivity index (χ3n) is 2.85. The van der Waals surface area contributed by atoms with Gasteiger partial charge in [0.15, 0.2) is 0 Å². The van der Waals surface area contributed by atoms with E-state index in [2.05, 4.69) is 10.6 Å². The molecule has 0 aliphatic heterocycles. The quantitative estimate of drug-likeness (QED) is 0.797. The van der Waals surface area contributed by atoms with Crippen molar-refractivity contribution in [2.75, 3.05) is 17.2 Å². The molecule has 0 saturated carbocycles. The van der Waals surface area contributed by atoms with Crippen LogP contribution in [0.3, 0.4) is 0 Å². The summed E-state index contributed by atoms with van der Waals surface area (Å²) in [5.74, 6) is -1.14. The van der Waals surface area contributed by atoms with Gasteiger partial charge in [-0.3, -0.25) is 4.79 Å². The van der Waals surface area contributed by atoms with Crippen molar-refractivity contribution >= 4 is 28.9 Å². The van der Waals surface area contributed by atoms with Crippen molar-refractivity contribution in [1.29, 1.82) is 0 Å². The van der Waals surface area contributed by atoms with E-state index in [9.17, 15) is 22.4 Å². The van der Waals surface area contributed by atoms with Crippen LogP contribution < -0.4 is 10.6 Å². The number of rotatable bonds is 4. The Bertz CT molecular complexity index is 719. The molecule has 0 atom stereocenters. The van der Waals surface area contributed by atoms with Gasteiger partial charge in [-0.05, 0) is 36.4 Å². The van der Waals surface area contributed by atoms with E-state index in [0.29, 0.717) is 5.69 Å². The van der Waals surface area contributed by atoms with Crippen molar-refractivity contribution in [2.24, 2.45) is 0 Å². The molecule has 2 rings (SSSR count). The zero-order valence-corrected chi connectivity index (χ0v) is 12.3. The summed E-state index contributed by atoms with van der Waals surface area (Å²) in [6, 6.07) is 8.12. The Balaban J connectivity index is 1.96. The van der Waals surface area contributed by atoms with Crippen molar-refractivity contribution in [2.45, 2.75) is 6.18 Å². The maximum atomic E-state index is 13.0. The molecule has 2 aromatic rings. The van der Waals surface area contributed by atoms with Gasteiger partial charge in [0.2, 0.25) is 5.91 Å². The summed E-state index contributed by atoms with van der Waals surface area (Å²) in [5.41, 5.74) is -0.409. The number of anilines is 2. The molecule has 122 valence electrons. The second kappa shape index (κ2) is 6.87. The van der Waals surface area contributed by atoms with E-state index in [1.165, 1.54) is 24.3 Å². The highest BCUT2D eigenvalue weighted by Gasteiger charge is 2.30. The fourth-order valence-corrected chi connectivity index (χ4v) is 1.95. The highest BCUT2D eigenvalue weighted by molar-refractivity contribution is 6.31. The van der Waals surface area contributed by atoms with Crippen molar-refractivity contribution in [1.82, 2.24) is 0 Å². The first kappa shape index (κ1) is 17.1. The number of hydrogen-bond donors (Lipinski definition) is 2. The SMILES string of the molecule is O=C(CNc1ccc(F)c(Cl)c1)Nc1cccc(C(F)(F)F)c1. The van der Waals surface area contributed by atoms with Gasteiger partial charge in [-0.1, -0.05) is 17.7 Å². The van der Waals surface area contributed by atoms with Gasteiger partial charge in [0.05, 0.1) is 17.1 Å². The Morgan fingerprint density at radius 1 is 1.09 bits per heavy atom. The molecule has 0 aliphatic rings. The van der Waals surface area contributed by atoms with Crippen molar-refractivity contribution < 1.29 is 22.4 Å². The summed E-state index contributed by atoms with van der Waals surface area (Å²) >= 11 is 5.60. The van der Waals surface area contributed by atoms with E-state index in [1.807, 2.05) is 0 Å². The first-order chi connectivity index (χ1) is 10.8. The summed E-state index contributed by atoms with van der Waals surface area (Å²) in [5, 5.41) is 4.93. The Morgan fingerprint density at radius 2 is 1.83 bits per heavy atom. The maximum absolute atomic E-state index is 13.0. The number of hydrogen-bond acceptors (Lipinski definition) is 2. The normalized spacial score (nSPS) is 11.2. The Hall–Kier alpha value is -2.28. The first-order valence-electron chi connectivity index (χ1n) is 6.42. The topological polar surface area (TPSA) is 41.1 Å². The molecule has 0 heterocycles. The lowest BCUT2D eigenvalue weighted by Crippen LogP contribution is -2.22. The number of alkyl halides is 3. The smallest absolute Gasteiger partial charge is 0.376 e. The second-order valence-corrected chi connectivity index (χ2v) is 5.02. The number of amides is 1. The molecule has 8 heteroatoms. The minimum absolute atomic E-state index is 0.0313. The Kier molecular flexibility index (Phi) is 5.10. The highest BCUT2D eigenvalue weighted by atomic mass is 35.5. The average Bonchev–Trinajstić information content (AvgIpc) is 2.48. The van der Waals surface area contributed by atoms with E-state index in [1.54, 1.807) is 0 Å². The lowest BCUT2D eigenvalue weighted by atomic mass is 10.2. The van der Waals surface area contributed by atoms with Crippen LogP contribution in [0.4, 0.5) is 28.9 Å². The van der Waals surface area contributed by atoms with Gasteiger partial charge in [-0.25, -0.2) is 4.39 Å². The van der Waals surface area contributed by atoms with Gasteiger partial charge in [0, 0.05) is 11.4 Å². The zero-order chi connectivity index (χ0) is 17.0. The van der Waals surface area contributed by atoms with Crippen molar-refractivity contribution in [3.8, 4) is 0 Å². The molecule has 3 nitrogen and oxygen atoms in total. The first-order valence-corrected chi connectivity index (χ1v) is 6.79. The Labute approximate surface area is 134 Å². The molecule has 0 bridgehead atoms. The molecule has 0 fully saturated rings. The molecule has 2 N–H and O–H groups in total. The summed E-state index contributed by atoms with van der Waals surface area (Å²) in [4.78, 5) is 11.7. The van der Waals surface area contributed by atoms with Crippen LogP contribution >= 0.6 is 11.6 Å². The number of benzene rings is 2. The molecule has 1 amide bonds. The third-order valence-corrected chi connectivity index (χ3v) is 3.14. The minimum atomic E-state index is -4.48. The van der Waals surface area contributed by atoms with Gasteiger partial charge in [0.1, 0.15) is 5.82 Å². The molecular formula is C15H11ClF4N2O. The summed E-state index contributed by atoms with van der Waals surface area (Å²) in [6.45, 7) is -0.210. The van der Waals surface area contributed by atoms with Crippen LogP contribution in [-0.2, 0) is 11.0 Å². The molecule has 0 saturated heterocycles.